The number of nitrogen functional groups attached to an aromatic ring is 1. The summed E-state index contributed by atoms with van der Waals surface area (Å²) < 4.78 is 38.1. The summed E-state index contributed by atoms with van der Waals surface area (Å²) in [5.41, 5.74) is -1.93. The van der Waals surface area contributed by atoms with Crippen LogP contribution in [0.15, 0.2) is 127 Å². The topological polar surface area (TPSA) is 573 Å². The molecule has 131 heavy (non-hydrogen) atoms. The number of anilines is 6. The molecule has 7 aromatic carbocycles. The number of phenolic OH excluding ortho intramolecular Hbond substituents is 4. The number of rotatable bonds is 21. The number of para-hydroxylation sites is 5. The number of hydrogen-bond donors (Lipinski definition) is 10. The number of aromatic hydroxyl groups is 5. The number of phenols is 5. The third-order valence-corrected chi connectivity index (χ3v) is 21.0. The number of carboxylic acids is 1. The Morgan fingerprint density at radius 2 is 0.802 bits per heavy atom. The van der Waals surface area contributed by atoms with Crippen LogP contribution in [-0.4, -0.2) is 206 Å². The summed E-state index contributed by atoms with van der Waals surface area (Å²) in [5.74, 6) is -6.74. The number of esters is 4. The molecule has 11 N–H and O–H groups in total. The van der Waals surface area contributed by atoms with Crippen molar-refractivity contribution in [2.75, 3.05) is 67.7 Å². The molecule has 8 aromatic rings. The summed E-state index contributed by atoms with van der Waals surface area (Å²) in [6, 6.07) is 20.9. The second kappa shape index (κ2) is 40.9. The maximum absolute atomic E-state index is 13.5. The summed E-state index contributed by atoms with van der Waals surface area (Å²) in [5, 5.41) is 89.2. The molecule has 0 aliphatic carbocycles. The lowest BCUT2D eigenvalue weighted by atomic mass is 9.79. The molecule has 5 saturated heterocycles. The lowest BCUT2D eigenvalue weighted by Gasteiger charge is -2.44. The van der Waals surface area contributed by atoms with Crippen molar-refractivity contribution in [3.05, 3.63) is 204 Å². The molecule has 5 aliphatic rings. The number of benzene rings is 5. The number of nitro groups is 2. The van der Waals surface area contributed by atoms with Crippen molar-refractivity contribution in [1.82, 2.24) is 19.6 Å². The Labute approximate surface area is 750 Å². The van der Waals surface area contributed by atoms with E-state index in [1.165, 1.54) is 80.3 Å². The number of nitrogens with one attached hydrogen (secondary N) is 3. The monoisotopic (exact) mass is 1820 g/mol. The number of carboxylic acid groups (broad SMARTS) is 1. The Bertz CT molecular complexity index is 5800. The van der Waals surface area contributed by atoms with E-state index in [0.29, 0.717) is 95.9 Å². The zero-order valence-electron chi connectivity index (χ0n) is 75.1. The quantitative estimate of drug-likeness (QED) is 0.00607. The predicted octanol–water partition coefficient (Wildman–Crippen LogP) is 11.0. The van der Waals surface area contributed by atoms with Gasteiger partial charge in [-0.15, -0.1) is 0 Å². The van der Waals surface area contributed by atoms with Gasteiger partial charge in [-0.2, -0.15) is 0 Å². The fourth-order valence-electron chi connectivity index (χ4n) is 14.8. The molecule has 0 saturated carbocycles. The third-order valence-electron chi connectivity index (χ3n) is 21.0. The Morgan fingerprint density at radius 3 is 1.14 bits per heavy atom. The van der Waals surface area contributed by atoms with Gasteiger partial charge in [-0.1, -0.05) is 37.3 Å². The highest BCUT2D eigenvalue weighted by Crippen LogP contribution is 2.45. The number of likely N-dealkylation sites (tertiary alicyclic amines) is 4. The van der Waals surface area contributed by atoms with E-state index < -0.39 is 178 Å². The summed E-state index contributed by atoms with van der Waals surface area (Å²) in [6.07, 6.45) is 4.53. The number of carbonyl (C=O) groups excluding carboxylic acids is 8. The van der Waals surface area contributed by atoms with Crippen LogP contribution in [0.4, 0.5) is 45.5 Å². The van der Waals surface area contributed by atoms with Gasteiger partial charge < -0.3 is 105 Å². The van der Waals surface area contributed by atoms with E-state index in [0.717, 1.165) is 24.6 Å². The molecule has 0 spiro atoms. The van der Waals surface area contributed by atoms with Crippen LogP contribution in [0.5, 0.6) is 34.5 Å². The van der Waals surface area contributed by atoms with Crippen LogP contribution in [0.3, 0.4) is 0 Å². The van der Waals surface area contributed by atoms with E-state index in [-0.39, 0.29) is 79.9 Å². The van der Waals surface area contributed by atoms with Gasteiger partial charge in [-0.25, -0.2) is 24.0 Å². The van der Waals surface area contributed by atoms with Crippen LogP contribution in [0.25, 0.3) is 0 Å². The first-order valence-corrected chi connectivity index (χ1v) is 42.0. The Morgan fingerprint density at radius 1 is 0.473 bits per heavy atom. The molecule has 40 nitrogen and oxygen atoms in total. The molecule has 0 bridgehead atoms. The van der Waals surface area contributed by atoms with E-state index in [1.807, 2.05) is 26.0 Å². The van der Waals surface area contributed by atoms with E-state index in [1.54, 1.807) is 102 Å². The van der Waals surface area contributed by atoms with Gasteiger partial charge in [0.1, 0.15) is 80.7 Å². The number of aromatic carboxylic acids is 1. The molecule has 6 heterocycles. The minimum absolute atomic E-state index is 0.0279. The van der Waals surface area contributed by atoms with Crippen molar-refractivity contribution in [2.24, 2.45) is 5.41 Å². The van der Waals surface area contributed by atoms with E-state index in [9.17, 15) is 103 Å². The summed E-state index contributed by atoms with van der Waals surface area (Å²) in [6.45, 7) is 29.1. The number of hydrogen-bond acceptors (Lipinski definition) is 33. The number of amides is 4. The number of nitrogens with two attached hydrogens (primary N) is 1. The largest absolute Gasteiger partial charge is 0.505 e. The minimum atomic E-state index is -1.40. The average Bonchev–Trinajstić information content (AvgIpc) is 1.61. The van der Waals surface area contributed by atoms with Gasteiger partial charge in [0.05, 0.1) is 75.0 Å². The highest BCUT2D eigenvalue weighted by Gasteiger charge is 2.47. The predicted molar refractivity (Wildman–Crippen MR) is 474 cm³/mol. The van der Waals surface area contributed by atoms with Crippen molar-refractivity contribution in [3.63, 3.8) is 0 Å². The third kappa shape index (κ3) is 23.9. The van der Waals surface area contributed by atoms with Crippen molar-refractivity contribution in [3.8, 4) is 34.5 Å². The van der Waals surface area contributed by atoms with Gasteiger partial charge in [-0.05, 0) is 209 Å². The maximum Gasteiger partial charge on any atom is 0.339 e. The maximum atomic E-state index is 13.5. The Balaban J connectivity index is 0.000000192. The van der Waals surface area contributed by atoms with Gasteiger partial charge in [0.2, 0.25) is 11.5 Å². The molecule has 702 valence electrons. The molecule has 5 fully saturated rings. The standard InChI is InChI=1S/C30H35N3O8.C22H26N2O7.C16H20N2O6.C16H22N2O4.C7H5NO5/c1-16-11-12-20(40-16)26(30(5)14-39-15-30)32-22-21(24(35)25(22)36)31-18-9-6-8-17(23(18)34)27(37)33-13-7-10-19(33)28(38)41-29(2,3)4;1-5-30-19-15(17(26)18(19)27)23-13-9-6-8-12(16(13)25)20(28)24-11-7-10-14(24)21(29)31-22(2,3)4;1-16(2,3)24-15(21)12-8-5-9-17(12)14(20)10-6-4-7-11(13(10)19)18(22)23;1-16(2,3)22-15(21)12-8-5-9-18(12)14(20)10-6-4-7-11(17)13(10)19;9-6-4(7(10)11)2-1-3-5(6)8(12)13/h6,8-9,11-12,19,26,31-32,34H,7,10,13-15H2,1-5H3;6,8-9,14,23,25H,5,7,10-11H2,1-4H3;4,6-7,12,19H,5,8-9H2,1-3H3;4,6-7,12,19H,5,8-9,17H2,1-3H3;1-3,9H,(H,10,11)/t19-,26?;14-;2*12-;/m1111./s1. The van der Waals surface area contributed by atoms with Crippen LogP contribution < -0.4 is 48.1 Å². The molecular formula is C91H108N10O30. The Kier molecular flexibility index (Phi) is 31.3. The van der Waals surface area contributed by atoms with Crippen molar-refractivity contribution in [1.29, 1.82) is 0 Å². The highest BCUT2D eigenvalue weighted by molar-refractivity contribution is 6.04. The average molecular weight is 1820 g/mol. The normalized spacial score (nSPS) is 17.1. The number of furan rings is 1. The summed E-state index contributed by atoms with van der Waals surface area (Å²) in [4.78, 5) is 186. The molecule has 1 aromatic heterocycles. The number of aryl methyl sites for hydroxylation is 1. The van der Waals surface area contributed by atoms with E-state index in [4.69, 9.17) is 48.8 Å². The van der Waals surface area contributed by atoms with Gasteiger partial charge in [0.15, 0.2) is 23.0 Å². The molecule has 13 rings (SSSR count). The van der Waals surface area contributed by atoms with Gasteiger partial charge in [-0.3, -0.25) is 58.6 Å². The van der Waals surface area contributed by atoms with Crippen molar-refractivity contribution in [2.45, 2.75) is 208 Å². The molecule has 0 radical (unpaired) electrons. The molecule has 40 heteroatoms. The van der Waals surface area contributed by atoms with E-state index in [2.05, 4.69) is 16.0 Å². The van der Waals surface area contributed by atoms with Crippen LogP contribution in [0, 0.1) is 32.6 Å². The Hall–Kier alpha value is -14.5. The van der Waals surface area contributed by atoms with Crippen molar-refractivity contribution >= 4 is 99.0 Å². The molecule has 4 amide bonds. The molecule has 5 atom stereocenters. The van der Waals surface area contributed by atoms with Crippen LogP contribution >= 0.6 is 0 Å². The highest BCUT2D eigenvalue weighted by atomic mass is 16.6. The van der Waals surface area contributed by atoms with Gasteiger partial charge in [0.25, 0.3) is 45.3 Å². The van der Waals surface area contributed by atoms with E-state index >= 15 is 0 Å². The van der Waals surface area contributed by atoms with Crippen LogP contribution in [0.2, 0.25) is 0 Å². The number of carbonyl (C=O) groups is 9. The minimum Gasteiger partial charge on any atom is -0.505 e. The van der Waals surface area contributed by atoms with Gasteiger partial charge in [0, 0.05) is 43.7 Å². The van der Waals surface area contributed by atoms with Gasteiger partial charge >= 0.3 is 41.2 Å². The second-order valence-electron chi connectivity index (χ2n) is 35.7. The fraction of sp³-hybridized carbons (Fsp3) is 0.440. The summed E-state index contributed by atoms with van der Waals surface area (Å²) in [7, 11) is 0. The van der Waals surface area contributed by atoms with Crippen LogP contribution in [0.1, 0.15) is 218 Å². The molecule has 1 unspecified atom stereocenters. The second-order valence-corrected chi connectivity index (χ2v) is 35.7. The first-order valence-electron chi connectivity index (χ1n) is 42.0. The lowest BCUT2D eigenvalue weighted by molar-refractivity contribution is -0.386. The lowest BCUT2D eigenvalue weighted by Crippen LogP contribution is -2.49. The zero-order chi connectivity index (χ0) is 97.2. The number of nitrogens with zero attached hydrogens (tertiary/aromatic N) is 6. The molecule has 5 aliphatic heterocycles. The zero-order valence-corrected chi connectivity index (χ0v) is 75.1. The number of nitro benzene ring substituents is 2. The van der Waals surface area contributed by atoms with Crippen molar-refractivity contribution < 1.29 is 116 Å². The SMILES string of the molecule is CC(C)(C)OC(=O)[C@H]1CCCN1C(=O)c1cccc(N)c1O.CC(C)(C)OC(=O)[C@H]1CCCN1C(=O)c1cccc([N+](=O)[O-])c1O.CCOc1c(Nc2cccc(C(=O)N3CCC[C@@H]3C(=O)OC(C)(C)C)c2O)c(=O)c1=O.Cc1ccc(C(Nc2c(Nc3cccc(C(=O)N4CCC[C@@H]4C(=O)OC(C)(C)C)c3O)c(=O)c2=O)C2(C)COC2)o1.O=C(O)c1cccc([N+](=O)[O-])c1O. The molecular weight excluding hydrogens is 1710 g/mol. The summed E-state index contributed by atoms with van der Waals surface area (Å²) >= 11 is 0. The van der Waals surface area contributed by atoms with Crippen LogP contribution in [-0.2, 0) is 42.9 Å². The first kappa shape index (κ1) is 100. The smallest absolute Gasteiger partial charge is 0.339 e. The fourth-order valence-corrected chi connectivity index (χ4v) is 14.8. The first-order chi connectivity index (χ1) is 61.2. The number of ether oxygens (including phenoxy) is 6.